The molecule has 0 fully saturated rings. The van der Waals surface area contributed by atoms with E-state index < -0.39 is 0 Å². The van der Waals surface area contributed by atoms with Gasteiger partial charge in [0, 0.05) is 18.4 Å². The summed E-state index contributed by atoms with van der Waals surface area (Å²) in [6, 6.07) is 3.70. The summed E-state index contributed by atoms with van der Waals surface area (Å²) in [5, 5.41) is 0. The van der Waals surface area contributed by atoms with Crippen molar-refractivity contribution in [3.8, 4) is 0 Å². The van der Waals surface area contributed by atoms with Gasteiger partial charge < -0.3 is 5.73 Å². The number of rotatable bonds is 2. The van der Waals surface area contributed by atoms with Crippen molar-refractivity contribution in [2.45, 2.75) is 6.04 Å². The van der Waals surface area contributed by atoms with Gasteiger partial charge in [-0.25, -0.2) is 0 Å². The highest BCUT2D eigenvalue weighted by Gasteiger charge is 1.96. The number of aromatic nitrogens is 1. The highest BCUT2D eigenvalue weighted by atomic mass is 14.6. The molecule has 52 valence electrons. The lowest BCUT2D eigenvalue weighted by molar-refractivity contribution is 0.910. The molecular weight excluding hydrogens is 124 g/mol. The Kier molecular flexibility index (Phi) is 2.18. The fourth-order valence-electron chi connectivity index (χ4n) is 0.722. The largest absolute Gasteiger partial charge is 0.321 e. The third kappa shape index (κ3) is 1.42. The van der Waals surface area contributed by atoms with Crippen LogP contribution in [-0.2, 0) is 0 Å². The van der Waals surface area contributed by atoms with Gasteiger partial charge in [0.1, 0.15) is 0 Å². The van der Waals surface area contributed by atoms with Gasteiger partial charge in [0.15, 0.2) is 0 Å². The fraction of sp³-hybridized carbons (Fsp3) is 0.125. The minimum absolute atomic E-state index is 0.0667. The molecule has 0 bridgehead atoms. The molecule has 0 unspecified atom stereocenters. The second-order valence-corrected chi connectivity index (χ2v) is 2.04. The van der Waals surface area contributed by atoms with E-state index in [0.29, 0.717) is 0 Å². The van der Waals surface area contributed by atoms with Crippen LogP contribution in [0.25, 0.3) is 0 Å². The fourth-order valence-corrected chi connectivity index (χ4v) is 0.722. The number of nitrogens with zero attached hydrogens (tertiary/aromatic N) is 1. The molecule has 0 radical (unpaired) electrons. The Morgan fingerprint density at radius 3 is 2.60 bits per heavy atom. The molecule has 1 heterocycles. The molecule has 0 amide bonds. The molecule has 1 atom stereocenters. The zero-order valence-electron chi connectivity index (χ0n) is 5.70. The summed E-state index contributed by atoms with van der Waals surface area (Å²) in [5.74, 6) is 0. The van der Waals surface area contributed by atoms with Gasteiger partial charge in [0.2, 0.25) is 0 Å². The maximum absolute atomic E-state index is 5.65. The summed E-state index contributed by atoms with van der Waals surface area (Å²) in [4.78, 5) is 3.87. The Balaban J connectivity index is 2.84. The average molecular weight is 134 g/mol. The van der Waals surface area contributed by atoms with Crippen LogP contribution in [0.1, 0.15) is 11.6 Å². The highest BCUT2D eigenvalue weighted by molar-refractivity contribution is 5.18. The van der Waals surface area contributed by atoms with E-state index in [4.69, 9.17) is 5.73 Å². The van der Waals surface area contributed by atoms with Crippen LogP contribution in [0.4, 0.5) is 0 Å². The molecule has 1 rings (SSSR count). The van der Waals surface area contributed by atoms with E-state index in [1.54, 1.807) is 18.5 Å². The van der Waals surface area contributed by atoms with Gasteiger partial charge in [-0.1, -0.05) is 6.08 Å². The van der Waals surface area contributed by atoms with Crippen LogP contribution >= 0.6 is 0 Å². The second-order valence-electron chi connectivity index (χ2n) is 2.04. The molecule has 0 aliphatic rings. The Morgan fingerprint density at radius 2 is 2.10 bits per heavy atom. The van der Waals surface area contributed by atoms with Crippen LogP contribution in [0.5, 0.6) is 0 Å². The van der Waals surface area contributed by atoms with E-state index >= 15 is 0 Å². The van der Waals surface area contributed by atoms with Gasteiger partial charge >= 0.3 is 0 Å². The molecule has 0 aromatic carbocycles. The van der Waals surface area contributed by atoms with Crippen LogP contribution in [0.2, 0.25) is 0 Å². The average Bonchev–Trinajstić information content (AvgIpc) is 2.05. The minimum Gasteiger partial charge on any atom is -0.321 e. The molecule has 10 heavy (non-hydrogen) atoms. The number of hydrogen-bond acceptors (Lipinski definition) is 2. The zero-order valence-corrected chi connectivity index (χ0v) is 5.70. The van der Waals surface area contributed by atoms with Gasteiger partial charge in [-0.05, 0) is 17.7 Å². The normalized spacial score (nSPS) is 12.5. The van der Waals surface area contributed by atoms with Crippen LogP contribution in [-0.4, -0.2) is 4.98 Å². The Morgan fingerprint density at radius 1 is 1.50 bits per heavy atom. The summed E-state index contributed by atoms with van der Waals surface area (Å²) in [7, 11) is 0. The van der Waals surface area contributed by atoms with Gasteiger partial charge in [0.05, 0.1) is 0 Å². The zero-order chi connectivity index (χ0) is 7.40. The first-order valence-electron chi connectivity index (χ1n) is 3.12. The van der Waals surface area contributed by atoms with Crippen molar-refractivity contribution < 1.29 is 0 Å². The topological polar surface area (TPSA) is 38.9 Å². The summed E-state index contributed by atoms with van der Waals surface area (Å²) < 4.78 is 0. The van der Waals surface area contributed by atoms with Crippen LogP contribution in [0.3, 0.4) is 0 Å². The van der Waals surface area contributed by atoms with Crippen molar-refractivity contribution in [2.24, 2.45) is 5.73 Å². The van der Waals surface area contributed by atoms with Crippen molar-refractivity contribution in [3.63, 3.8) is 0 Å². The van der Waals surface area contributed by atoms with Gasteiger partial charge in [-0.2, -0.15) is 0 Å². The number of hydrogen-bond donors (Lipinski definition) is 1. The first-order valence-corrected chi connectivity index (χ1v) is 3.12. The van der Waals surface area contributed by atoms with Crippen molar-refractivity contribution in [1.82, 2.24) is 4.98 Å². The molecule has 0 aliphatic carbocycles. The first kappa shape index (κ1) is 6.96. The summed E-state index contributed by atoms with van der Waals surface area (Å²) in [6.45, 7) is 3.59. The van der Waals surface area contributed by atoms with Crippen molar-refractivity contribution in [1.29, 1.82) is 0 Å². The quantitative estimate of drug-likeness (QED) is 0.618. The Labute approximate surface area is 60.4 Å². The summed E-state index contributed by atoms with van der Waals surface area (Å²) >= 11 is 0. The standard InChI is InChI=1S/C8H10N2/c1-2-8(9)7-3-5-10-6-4-7/h2-6,8H,1,9H2/t8-/m0/s1. The van der Waals surface area contributed by atoms with Gasteiger partial charge in [-0.15, -0.1) is 6.58 Å². The van der Waals surface area contributed by atoms with Crippen LogP contribution in [0.15, 0.2) is 37.2 Å². The van der Waals surface area contributed by atoms with Gasteiger partial charge in [-0.3, -0.25) is 4.98 Å². The third-order valence-corrected chi connectivity index (χ3v) is 1.34. The highest BCUT2D eigenvalue weighted by Crippen LogP contribution is 2.07. The predicted molar refractivity (Wildman–Crippen MR) is 41.4 cm³/mol. The number of nitrogens with two attached hydrogens (primary N) is 1. The maximum Gasteiger partial charge on any atom is 0.0479 e. The number of pyridine rings is 1. The predicted octanol–water partition coefficient (Wildman–Crippen LogP) is 1.27. The summed E-state index contributed by atoms with van der Waals surface area (Å²) in [6.07, 6.45) is 5.15. The van der Waals surface area contributed by atoms with Crippen molar-refractivity contribution in [2.75, 3.05) is 0 Å². The molecule has 2 nitrogen and oxygen atoms in total. The first-order chi connectivity index (χ1) is 4.84. The van der Waals surface area contributed by atoms with E-state index in [2.05, 4.69) is 11.6 Å². The molecule has 0 saturated heterocycles. The molecule has 0 aliphatic heterocycles. The van der Waals surface area contributed by atoms with Gasteiger partial charge in [0.25, 0.3) is 0 Å². The van der Waals surface area contributed by atoms with Crippen molar-refractivity contribution in [3.05, 3.63) is 42.7 Å². The lowest BCUT2D eigenvalue weighted by Crippen LogP contribution is -2.05. The van der Waals surface area contributed by atoms with E-state index in [1.807, 2.05) is 12.1 Å². The Hall–Kier alpha value is -1.15. The smallest absolute Gasteiger partial charge is 0.0479 e. The molecule has 2 N–H and O–H groups in total. The second kappa shape index (κ2) is 3.13. The molecule has 0 spiro atoms. The van der Waals surface area contributed by atoms with Crippen molar-refractivity contribution >= 4 is 0 Å². The minimum atomic E-state index is -0.0667. The molecule has 1 aromatic rings. The van der Waals surface area contributed by atoms with E-state index in [0.717, 1.165) is 5.56 Å². The van der Waals surface area contributed by atoms with Crippen LogP contribution < -0.4 is 5.73 Å². The molecule has 2 heteroatoms. The molecule has 1 aromatic heterocycles. The van der Waals surface area contributed by atoms with E-state index in [-0.39, 0.29) is 6.04 Å². The molecular formula is C8H10N2. The monoisotopic (exact) mass is 134 g/mol. The molecule has 0 saturated carbocycles. The SMILES string of the molecule is C=C[C@H](N)c1ccncc1. The lowest BCUT2D eigenvalue weighted by Gasteiger charge is -2.03. The van der Waals surface area contributed by atoms with E-state index in [1.165, 1.54) is 0 Å². The Bertz CT molecular complexity index is 206. The van der Waals surface area contributed by atoms with Crippen LogP contribution in [0, 0.1) is 0 Å². The summed E-state index contributed by atoms with van der Waals surface area (Å²) in [5.41, 5.74) is 6.69. The van der Waals surface area contributed by atoms with E-state index in [9.17, 15) is 0 Å². The third-order valence-electron chi connectivity index (χ3n) is 1.34. The lowest BCUT2D eigenvalue weighted by atomic mass is 10.1. The maximum atomic E-state index is 5.65.